The van der Waals surface area contributed by atoms with E-state index in [1.807, 2.05) is 12.1 Å². The van der Waals surface area contributed by atoms with Gasteiger partial charge in [-0.2, -0.15) is 0 Å². The van der Waals surface area contributed by atoms with Crippen LogP contribution in [0.4, 0.5) is 0 Å². The van der Waals surface area contributed by atoms with Gasteiger partial charge in [0, 0.05) is 25.1 Å². The van der Waals surface area contributed by atoms with Gasteiger partial charge in [-0.1, -0.05) is 11.6 Å². The monoisotopic (exact) mass is 342 g/mol. The summed E-state index contributed by atoms with van der Waals surface area (Å²) in [6, 6.07) is 3.75. The van der Waals surface area contributed by atoms with E-state index in [0.29, 0.717) is 12.2 Å². The van der Waals surface area contributed by atoms with Gasteiger partial charge >= 0.3 is 0 Å². The summed E-state index contributed by atoms with van der Waals surface area (Å²) >= 11 is 8.85. The van der Waals surface area contributed by atoms with Gasteiger partial charge in [0.25, 0.3) is 5.91 Å². The standard InChI is InChI=1S/C14H15ClN2O2S2/c15-12-4-3-11(21-12)13-16-10(8-20-13)14(19)17-5-1-2-9(6-17)7-18/h3-4,8-9,18H,1-2,5-7H2. The van der Waals surface area contributed by atoms with Gasteiger partial charge in [-0.25, -0.2) is 4.98 Å². The molecule has 1 aliphatic heterocycles. The lowest BCUT2D eigenvalue weighted by Crippen LogP contribution is -2.41. The van der Waals surface area contributed by atoms with Gasteiger partial charge in [-0.05, 0) is 30.9 Å². The summed E-state index contributed by atoms with van der Waals surface area (Å²) in [6.45, 7) is 1.50. The average molecular weight is 343 g/mol. The Hall–Kier alpha value is -0.950. The van der Waals surface area contributed by atoms with E-state index in [-0.39, 0.29) is 18.4 Å². The third-order valence-corrected chi connectivity index (χ3v) is 5.81. The summed E-state index contributed by atoms with van der Waals surface area (Å²) in [5, 5.41) is 11.9. The number of aliphatic hydroxyl groups excluding tert-OH is 1. The summed E-state index contributed by atoms with van der Waals surface area (Å²) in [5.41, 5.74) is 0.484. The maximum atomic E-state index is 12.5. The Bertz CT molecular complexity index is 640. The summed E-state index contributed by atoms with van der Waals surface area (Å²) in [7, 11) is 0. The molecule has 0 spiro atoms. The summed E-state index contributed by atoms with van der Waals surface area (Å²) in [5.74, 6) is 0.148. The molecule has 2 aromatic rings. The first-order valence-electron chi connectivity index (χ1n) is 6.78. The zero-order valence-electron chi connectivity index (χ0n) is 11.3. The zero-order valence-corrected chi connectivity index (χ0v) is 13.7. The number of thiazole rings is 1. The number of halogens is 1. The minimum Gasteiger partial charge on any atom is -0.396 e. The molecule has 0 radical (unpaired) electrons. The molecule has 1 amide bonds. The fraction of sp³-hybridized carbons (Fsp3) is 0.429. The lowest BCUT2D eigenvalue weighted by molar-refractivity contribution is 0.0616. The second-order valence-electron chi connectivity index (χ2n) is 5.08. The van der Waals surface area contributed by atoms with E-state index >= 15 is 0 Å². The van der Waals surface area contributed by atoms with Crippen LogP contribution >= 0.6 is 34.3 Å². The first-order valence-corrected chi connectivity index (χ1v) is 8.86. The second-order valence-corrected chi connectivity index (χ2v) is 7.66. The molecular weight excluding hydrogens is 328 g/mol. The van der Waals surface area contributed by atoms with Crippen molar-refractivity contribution in [3.05, 3.63) is 27.5 Å². The van der Waals surface area contributed by atoms with Crippen LogP contribution in [0.5, 0.6) is 0 Å². The molecule has 1 fully saturated rings. The quantitative estimate of drug-likeness (QED) is 0.930. The predicted molar refractivity (Wildman–Crippen MR) is 86.2 cm³/mol. The van der Waals surface area contributed by atoms with Gasteiger partial charge in [0.05, 0.1) is 9.21 Å². The van der Waals surface area contributed by atoms with Crippen LogP contribution in [0.15, 0.2) is 17.5 Å². The van der Waals surface area contributed by atoms with Crippen molar-refractivity contribution in [1.82, 2.24) is 9.88 Å². The molecule has 0 saturated carbocycles. The van der Waals surface area contributed by atoms with Crippen molar-refractivity contribution < 1.29 is 9.90 Å². The molecule has 1 aliphatic rings. The van der Waals surface area contributed by atoms with Crippen molar-refractivity contribution in [2.45, 2.75) is 12.8 Å². The molecule has 1 unspecified atom stereocenters. The van der Waals surface area contributed by atoms with E-state index in [1.54, 1.807) is 10.3 Å². The van der Waals surface area contributed by atoms with Crippen molar-refractivity contribution in [2.24, 2.45) is 5.92 Å². The van der Waals surface area contributed by atoms with Gasteiger partial charge in [-0.15, -0.1) is 22.7 Å². The van der Waals surface area contributed by atoms with Crippen molar-refractivity contribution in [3.63, 3.8) is 0 Å². The number of aliphatic hydroxyl groups is 1. The van der Waals surface area contributed by atoms with Crippen LogP contribution in [0.1, 0.15) is 23.3 Å². The maximum absolute atomic E-state index is 12.5. The summed E-state index contributed by atoms with van der Waals surface area (Å²) in [6.07, 6.45) is 1.92. The molecule has 1 atom stereocenters. The molecular formula is C14H15ClN2O2S2. The van der Waals surface area contributed by atoms with Crippen LogP contribution in [0.3, 0.4) is 0 Å². The number of hydrogen-bond acceptors (Lipinski definition) is 5. The van der Waals surface area contributed by atoms with E-state index in [2.05, 4.69) is 4.98 Å². The molecule has 1 N–H and O–H groups in total. The molecule has 0 aliphatic carbocycles. The first kappa shape index (κ1) is 15.0. The Labute approximate surface area is 136 Å². The Morgan fingerprint density at radius 3 is 3.10 bits per heavy atom. The lowest BCUT2D eigenvalue weighted by Gasteiger charge is -2.31. The third kappa shape index (κ3) is 3.29. The molecule has 21 heavy (non-hydrogen) atoms. The minimum absolute atomic E-state index is 0.0432. The number of rotatable bonds is 3. The molecule has 0 bridgehead atoms. The summed E-state index contributed by atoms with van der Waals surface area (Å²) in [4.78, 5) is 19.7. The van der Waals surface area contributed by atoms with Gasteiger partial charge in [0.2, 0.25) is 0 Å². The number of amides is 1. The highest BCUT2D eigenvalue weighted by Gasteiger charge is 2.25. The lowest BCUT2D eigenvalue weighted by atomic mass is 9.99. The third-order valence-electron chi connectivity index (χ3n) is 3.57. The largest absolute Gasteiger partial charge is 0.396 e. The number of carbonyl (C=O) groups is 1. The van der Waals surface area contributed by atoms with E-state index < -0.39 is 0 Å². The number of piperidine rings is 1. The highest BCUT2D eigenvalue weighted by atomic mass is 35.5. The Balaban J connectivity index is 1.75. The average Bonchev–Trinajstić information content (AvgIpc) is 3.15. The van der Waals surface area contributed by atoms with Crippen molar-refractivity contribution in [3.8, 4) is 9.88 Å². The minimum atomic E-state index is -0.0432. The van der Waals surface area contributed by atoms with Crippen LogP contribution in [0.25, 0.3) is 9.88 Å². The van der Waals surface area contributed by atoms with E-state index in [9.17, 15) is 9.90 Å². The summed E-state index contributed by atoms with van der Waals surface area (Å²) < 4.78 is 0.717. The zero-order chi connectivity index (χ0) is 14.8. The highest BCUT2D eigenvalue weighted by molar-refractivity contribution is 7.23. The van der Waals surface area contributed by atoms with Crippen LogP contribution in [0.2, 0.25) is 4.34 Å². The van der Waals surface area contributed by atoms with Crippen LogP contribution in [0, 0.1) is 5.92 Å². The maximum Gasteiger partial charge on any atom is 0.273 e. The number of nitrogens with zero attached hydrogens (tertiary/aromatic N) is 2. The van der Waals surface area contributed by atoms with Gasteiger partial charge < -0.3 is 10.0 Å². The number of carbonyl (C=O) groups excluding carboxylic acids is 1. The number of aromatic nitrogens is 1. The topological polar surface area (TPSA) is 53.4 Å². The molecule has 112 valence electrons. The Morgan fingerprint density at radius 1 is 1.52 bits per heavy atom. The molecule has 3 heterocycles. The van der Waals surface area contributed by atoms with Crippen LogP contribution in [-0.4, -0.2) is 40.6 Å². The molecule has 4 nitrogen and oxygen atoms in total. The number of thiophene rings is 1. The fourth-order valence-corrected chi connectivity index (χ4v) is 4.38. The van der Waals surface area contributed by atoms with Crippen LogP contribution < -0.4 is 0 Å². The highest BCUT2D eigenvalue weighted by Crippen LogP contribution is 2.33. The molecule has 7 heteroatoms. The van der Waals surface area contributed by atoms with Gasteiger partial charge in [-0.3, -0.25) is 4.79 Å². The van der Waals surface area contributed by atoms with Crippen molar-refractivity contribution >= 4 is 40.2 Å². The SMILES string of the molecule is O=C(c1csc(-c2ccc(Cl)s2)n1)N1CCCC(CO)C1. The van der Waals surface area contributed by atoms with Gasteiger partial charge in [0.15, 0.2) is 0 Å². The van der Waals surface area contributed by atoms with E-state index in [4.69, 9.17) is 11.6 Å². The molecule has 0 aromatic carbocycles. The smallest absolute Gasteiger partial charge is 0.273 e. The van der Waals surface area contributed by atoms with Crippen molar-refractivity contribution in [2.75, 3.05) is 19.7 Å². The predicted octanol–water partition coefficient (Wildman–Crippen LogP) is 3.37. The normalized spacial score (nSPS) is 19.0. The Morgan fingerprint density at radius 2 is 2.38 bits per heavy atom. The van der Waals surface area contributed by atoms with E-state index in [1.165, 1.54) is 22.7 Å². The second kappa shape index (κ2) is 6.44. The van der Waals surface area contributed by atoms with Crippen LogP contribution in [-0.2, 0) is 0 Å². The molecule has 3 rings (SSSR count). The Kier molecular flexibility index (Phi) is 4.59. The first-order chi connectivity index (χ1) is 10.2. The fourth-order valence-electron chi connectivity index (χ4n) is 2.47. The van der Waals surface area contributed by atoms with Crippen molar-refractivity contribution in [1.29, 1.82) is 0 Å². The number of likely N-dealkylation sites (tertiary alicyclic amines) is 1. The number of hydrogen-bond donors (Lipinski definition) is 1. The van der Waals surface area contributed by atoms with Gasteiger partial charge in [0.1, 0.15) is 10.7 Å². The van der Waals surface area contributed by atoms with E-state index in [0.717, 1.165) is 33.6 Å². The molecule has 1 saturated heterocycles. The molecule has 2 aromatic heterocycles.